The minimum absolute atomic E-state index is 0.555. The van der Waals surface area contributed by atoms with Crippen LogP contribution in [0.5, 0.6) is 0 Å². The Labute approximate surface area is 137 Å². The average molecular weight is 367 g/mol. The summed E-state index contributed by atoms with van der Waals surface area (Å²) >= 11 is 5.23. The third kappa shape index (κ3) is 3.55. The van der Waals surface area contributed by atoms with E-state index in [-0.39, 0.29) is 0 Å². The summed E-state index contributed by atoms with van der Waals surface area (Å²) in [5.41, 5.74) is 1.09. The molecular weight excluding hydrogens is 348 g/mol. The molecule has 2 N–H and O–H groups in total. The fraction of sp³-hybridized carbons (Fsp3) is 0.467. The molecule has 2 aromatic rings. The Morgan fingerprint density at radius 1 is 1.29 bits per heavy atom. The van der Waals surface area contributed by atoms with Gasteiger partial charge in [0.15, 0.2) is 0 Å². The number of nitrogens with zero attached hydrogens (tertiary/aromatic N) is 2. The maximum atomic E-state index is 4.73. The summed E-state index contributed by atoms with van der Waals surface area (Å²) in [7, 11) is 0. The lowest BCUT2D eigenvalue weighted by atomic mass is 10.2. The van der Waals surface area contributed by atoms with Gasteiger partial charge in [0.2, 0.25) is 0 Å². The monoisotopic (exact) mass is 366 g/mol. The molecule has 1 fully saturated rings. The average Bonchev–Trinajstić information content (AvgIpc) is 3.23. The SMILES string of the molecule is CCNc1nc(C2CC2)nc(NCc2cc(Br)cs2)c1C. The molecular formula is C15H19BrN4S. The molecule has 0 spiro atoms. The minimum Gasteiger partial charge on any atom is -0.370 e. The highest BCUT2D eigenvalue weighted by molar-refractivity contribution is 9.10. The Hall–Kier alpha value is -1.14. The van der Waals surface area contributed by atoms with Gasteiger partial charge in [0.25, 0.3) is 0 Å². The molecule has 0 bridgehead atoms. The van der Waals surface area contributed by atoms with Crippen LogP contribution in [0.3, 0.4) is 0 Å². The predicted molar refractivity (Wildman–Crippen MR) is 92.3 cm³/mol. The Morgan fingerprint density at radius 2 is 2.00 bits per heavy atom. The number of aromatic nitrogens is 2. The molecule has 0 saturated heterocycles. The van der Waals surface area contributed by atoms with Gasteiger partial charge in [0.05, 0.1) is 6.54 Å². The van der Waals surface area contributed by atoms with Crippen LogP contribution in [-0.4, -0.2) is 16.5 Å². The van der Waals surface area contributed by atoms with E-state index in [4.69, 9.17) is 4.98 Å². The smallest absolute Gasteiger partial charge is 0.136 e. The first-order valence-corrected chi connectivity index (χ1v) is 8.93. The summed E-state index contributed by atoms with van der Waals surface area (Å²) in [6, 6.07) is 2.14. The van der Waals surface area contributed by atoms with Crippen molar-refractivity contribution in [1.82, 2.24) is 9.97 Å². The van der Waals surface area contributed by atoms with E-state index in [1.165, 1.54) is 17.7 Å². The van der Waals surface area contributed by atoms with Crippen molar-refractivity contribution in [2.45, 2.75) is 39.2 Å². The van der Waals surface area contributed by atoms with Crippen LogP contribution in [0.2, 0.25) is 0 Å². The van der Waals surface area contributed by atoms with Crippen molar-refractivity contribution in [3.63, 3.8) is 0 Å². The first-order valence-electron chi connectivity index (χ1n) is 7.26. The lowest BCUT2D eigenvalue weighted by molar-refractivity contribution is 0.910. The van der Waals surface area contributed by atoms with E-state index in [9.17, 15) is 0 Å². The van der Waals surface area contributed by atoms with Gasteiger partial charge in [-0.25, -0.2) is 9.97 Å². The molecule has 0 unspecified atom stereocenters. The Bertz CT molecular complexity index is 637. The van der Waals surface area contributed by atoms with Crippen LogP contribution in [0, 0.1) is 6.92 Å². The molecule has 4 nitrogen and oxygen atoms in total. The third-order valence-corrected chi connectivity index (χ3v) is 5.20. The highest BCUT2D eigenvalue weighted by Gasteiger charge is 2.28. The van der Waals surface area contributed by atoms with Crippen LogP contribution >= 0.6 is 27.3 Å². The van der Waals surface area contributed by atoms with Crippen molar-refractivity contribution >= 4 is 38.9 Å². The molecule has 1 aliphatic carbocycles. The minimum atomic E-state index is 0.555. The molecule has 2 aromatic heterocycles. The molecule has 0 radical (unpaired) electrons. The molecule has 6 heteroatoms. The lowest BCUT2D eigenvalue weighted by Crippen LogP contribution is -2.10. The van der Waals surface area contributed by atoms with Crippen LogP contribution in [0.25, 0.3) is 0 Å². The van der Waals surface area contributed by atoms with E-state index in [0.29, 0.717) is 5.92 Å². The van der Waals surface area contributed by atoms with Crippen molar-refractivity contribution in [3.05, 3.63) is 32.2 Å². The Kier molecular flexibility index (Phi) is 4.45. The van der Waals surface area contributed by atoms with E-state index >= 15 is 0 Å². The van der Waals surface area contributed by atoms with E-state index in [0.717, 1.165) is 40.6 Å². The van der Waals surface area contributed by atoms with Gasteiger partial charge in [-0.1, -0.05) is 0 Å². The standard InChI is InChI=1S/C15H19BrN4S/c1-3-17-13-9(2)14(20-15(19-13)10-4-5-10)18-7-12-6-11(16)8-21-12/h6,8,10H,3-5,7H2,1-2H3,(H2,17,18,19,20). The quantitative estimate of drug-likeness (QED) is 0.788. The van der Waals surface area contributed by atoms with Gasteiger partial charge in [0, 0.05) is 32.8 Å². The molecule has 1 saturated carbocycles. The van der Waals surface area contributed by atoms with Gasteiger partial charge in [-0.3, -0.25) is 0 Å². The molecule has 112 valence electrons. The number of thiophene rings is 1. The first kappa shape index (κ1) is 14.8. The highest BCUT2D eigenvalue weighted by atomic mass is 79.9. The maximum Gasteiger partial charge on any atom is 0.136 e. The van der Waals surface area contributed by atoms with E-state index < -0.39 is 0 Å². The van der Waals surface area contributed by atoms with Gasteiger partial charge in [-0.2, -0.15) is 0 Å². The summed E-state index contributed by atoms with van der Waals surface area (Å²) in [4.78, 5) is 10.7. The zero-order valence-corrected chi connectivity index (χ0v) is 14.6. The summed E-state index contributed by atoms with van der Waals surface area (Å²) in [6.07, 6.45) is 2.43. The summed E-state index contributed by atoms with van der Waals surface area (Å²) < 4.78 is 1.13. The summed E-state index contributed by atoms with van der Waals surface area (Å²) in [5, 5.41) is 8.91. The molecule has 21 heavy (non-hydrogen) atoms. The number of hydrogen-bond donors (Lipinski definition) is 2. The second-order valence-corrected chi connectivity index (χ2v) is 7.20. The zero-order valence-electron chi connectivity index (χ0n) is 12.2. The van der Waals surface area contributed by atoms with Crippen molar-refractivity contribution in [2.24, 2.45) is 0 Å². The van der Waals surface area contributed by atoms with Crippen LogP contribution in [0.1, 0.15) is 41.9 Å². The van der Waals surface area contributed by atoms with E-state index in [1.807, 2.05) is 0 Å². The largest absolute Gasteiger partial charge is 0.370 e. The van der Waals surface area contributed by atoms with Crippen LogP contribution in [0.15, 0.2) is 15.9 Å². The predicted octanol–water partition coefficient (Wildman–Crippen LogP) is 4.53. The Morgan fingerprint density at radius 3 is 2.57 bits per heavy atom. The number of hydrogen-bond acceptors (Lipinski definition) is 5. The molecule has 2 heterocycles. The maximum absolute atomic E-state index is 4.73. The number of anilines is 2. The lowest BCUT2D eigenvalue weighted by Gasteiger charge is -2.14. The summed E-state index contributed by atoms with van der Waals surface area (Å²) in [5.74, 6) is 3.45. The second-order valence-electron chi connectivity index (χ2n) is 5.29. The second kappa shape index (κ2) is 6.32. The van der Waals surface area contributed by atoms with Crippen LogP contribution in [-0.2, 0) is 6.54 Å². The van der Waals surface area contributed by atoms with E-state index in [1.54, 1.807) is 11.3 Å². The van der Waals surface area contributed by atoms with Crippen LogP contribution in [0.4, 0.5) is 11.6 Å². The van der Waals surface area contributed by atoms with Crippen molar-refractivity contribution in [2.75, 3.05) is 17.2 Å². The number of halogens is 1. The fourth-order valence-corrected chi connectivity index (χ4v) is 3.58. The number of nitrogens with one attached hydrogen (secondary N) is 2. The van der Waals surface area contributed by atoms with Gasteiger partial charge < -0.3 is 10.6 Å². The summed E-state index contributed by atoms with van der Waals surface area (Å²) in [6.45, 7) is 5.83. The van der Waals surface area contributed by atoms with Crippen molar-refractivity contribution < 1.29 is 0 Å². The normalized spacial score (nSPS) is 14.2. The molecule has 0 atom stereocenters. The topological polar surface area (TPSA) is 49.8 Å². The van der Waals surface area contributed by atoms with E-state index in [2.05, 4.69) is 56.8 Å². The molecule has 0 aromatic carbocycles. The molecule has 0 amide bonds. The Balaban J connectivity index is 1.81. The first-order chi connectivity index (χ1) is 10.2. The van der Waals surface area contributed by atoms with Gasteiger partial charge in [0.1, 0.15) is 17.5 Å². The molecule has 0 aliphatic heterocycles. The van der Waals surface area contributed by atoms with Crippen molar-refractivity contribution in [3.8, 4) is 0 Å². The van der Waals surface area contributed by atoms with Gasteiger partial charge in [-0.05, 0) is 48.7 Å². The van der Waals surface area contributed by atoms with Gasteiger partial charge >= 0.3 is 0 Å². The fourth-order valence-electron chi connectivity index (χ4n) is 2.19. The van der Waals surface area contributed by atoms with Gasteiger partial charge in [-0.15, -0.1) is 11.3 Å². The third-order valence-electron chi connectivity index (χ3n) is 3.50. The molecule has 1 aliphatic rings. The zero-order chi connectivity index (χ0) is 14.8. The van der Waals surface area contributed by atoms with Crippen molar-refractivity contribution in [1.29, 1.82) is 0 Å². The molecule has 3 rings (SSSR count). The highest BCUT2D eigenvalue weighted by Crippen LogP contribution is 2.39. The van der Waals surface area contributed by atoms with Crippen LogP contribution < -0.4 is 10.6 Å². The number of rotatable bonds is 6.